The van der Waals surface area contributed by atoms with Crippen molar-refractivity contribution in [3.05, 3.63) is 28.8 Å². The average Bonchev–Trinajstić information content (AvgIpc) is 3.05. The summed E-state index contributed by atoms with van der Waals surface area (Å²) >= 11 is 0. The Morgan fingerprint density at radius 2 is 2.04 bits per heavy atom. The van der Waals surface area contributed by atoms with Gasteiger partial charge in [0.2, 0.25) is 5.91 Å². The van der Waals surface area contributed by atoms with Crippen molar-refractivity contribution in [2.75, 3.05) is 19.7 Å². The van der Waals surface area contributed by atoms with Gasteiger partial charge in [-0.25, -0.2) is 0 Å². The lowest BCUT2D eigenvalue weighted by Gasteiger charge is -2.23. The maximum atomic E-state index is 12.6. The Labute approximate surface area is 143 Å². The molecule has 0 bridgehead atoms. The van der Waals surface area contributed by atoms with Crippen LogP contribution in [0.25, 0.3) is 0 Å². The monoisotopic (exact) mass is 336 g/mol. The maximum absolute atomic E-state index is 12.6. The van der Waals surface area contributed by atoms with E-state index in [1.807, 2.05) is 0 Å². The molecule has 4 rings (SSSR count). The van der Waals surface area contributed by atoms with E-state index in [1.54, 1.807) is 0 Å². The summed E-state index contributed by atoms with van der Waals surface area (Å²) in [6.45, 7) is 6.85. The van der Waals surface area contributed by atoms with E-state index in [9.17, 15) is 4.79 Å². The molecule has 3 aliphatic rings. The number of carbonyl (C=O) groups excluding carboxylic acids is 1. The van der Waals surface area contributed by atoms with E-state index in [2.05, 4.69) is 36.6 Å². The second kappa shape index (κ2) is 5.99. The van der Waals surface area contributed by atoms with Crippen molar-refractivity contribution in [2.45, 2.75) is 39.2 Å². The van der Waals surface area contributed by atoms with Gasteiger partial charge in [0, 0.05) is 11.5 Å². The average molecular weight is 337 g/mol. The van der Waals surface area contributed by atoms with E-state index in [0.29, 0.717) is 12.0 Å². The first-order chi connectivity index (χ1) is 10.6. The minimum absolute atomic E-state index is 0. The minimum atomic E-state index is 0. The third-order valence-electron chi connectivity index (χ3n) is 5.90. The van der Waals surface area contributed by atoms with Crippen LogP contribution in [0.15, 0.2) is 12.1 Å². The van der Waals surface area contributed by atoms with Gasteiger partial charge >= 0.3 is 0 Å². The summed E-state index contributed by atoms with van der Waals surface area (Å²) in [6.07, 6.45) is 3.34. The van der Waals surface area contributed by atoms with Crippen LogP contribution in [0.5, 0.6) is 5.75 Å². The molecule has 5 heteroatoms. The summed E-state index contributed by atoms with van der Waals surface area (Å²) in [5.41, 5.74) is 3.86. The lowest BCUT2D eigenvalue weighted by Crippen LogP contribution is -2.35. The summed E-state index contributed by atoms with van der Waals surface area (Å²) in [5.74, 6) is 1.41. The summed E-state index contributed by atoms with van der Waals surface area (Å²) in [5, 5.41) is 6.62. The first-order valence-corrected chi connectivity index (χ1v) is 8.35. The van der Waals surface area contributed by atoms with Crippen molar-refractivity contribution in [1.29, 1.82) is 0 Å². The molecule has 2 heterocycles. The van der Waals surface area contributed by atoms with Crippen molar-refractivity contribution < 1.29 is 9.53 Å². The fraction of sp³-hybridized carbons (Fsp3) is 0.611. The Morgan fingerprint density at radius 1 is 1.30 bits per heavy atom. The lowest BCUT2D eigenvalue weighted by molar-refractivity contribution is -0.124. The number of piperidine rings is 1. The number of ether oxygens (including phenoxy) is 1. The van der Waals surface area contributed by atoms with E-state index in [1.165, 1.54) is 11.1 Å². The highest BCUT2D eigenvalue weighted by Gasteiger charge is 2.57. The molecule has 1 aliphatic carbocycles. The second-order valence-corrected chi connectivity index (χ2v) is 7.17. The Kier molecular flexibility index (Phi) is 4.32. The quantitative estimate of drug-likeness (QED) is 0.873. The summed E-state index contributed by atoms with van der Waals surface area (Å²) in [4.78, 5) is 12.6. The van der Waals surface area contributed by atoms with Crippen LogP contribution in [0.3, 0.4) is 0 Å². The fourth-order valence-corrected chi connectivity index (χ4v) is 4.12. The van der Waals surface area contributed by atoms with Crippen LogP contribution in [0.1, 0.15) is 42.0 Å². The van der Waals surface area contributed by atoms with E-state index < -0.39 is 0 Å². The van der Waals surface area contributed by atoms with E-state index in [4.69, 9.17) is 4.74 Å². The van der Waals surface area contributed by atoms with Crippen LogP contribution >= 0.6 is 12.4 Å². The summed E-state index contributed by atoms with van der Waals surface area (Å²) in [6, 6.07) is 4.23. The normalized spacial score (nSPS) is 26.9. The molecule has 1 aromatic carbocycles. The van der Waals surface area contributed by atoms with Gasteiger partial charge < -0.3 is 15.4 Å². The van der Waals surface area contributed by atoms with E-state index >= 15 is 0 Å². The molecule has 4 nitrogen and oxygen atoms in total. The molecule has 1 aromatic rings. The number of hydrogen-bond donors (Lipinski definition) is 2. The van der Waals surface area contributed by atoms with Gasteiger partial charge in [0.05, 0.1) is 6.04 Å². The molecule has 2 unspecified atom stereocenters. The van der Waals surface area contributed by atoms with Crippen molar-refractivity contribution in [3.63, 3.8) is 0 Å². The molecule has 126 valence electrons. The molecule has 1 saturated heterocycles. The van der Waals surface area contributed by atoms with Gasteiger partial charge in [0.15, 0.2) is 0 Å². The van der Waals surface area contributed by atoms with Crippen LogP contribution in [-0.2, 0) is 4.79 Å². The molecule has 1 saturated carbocycles. The molecule has 23 heavy (non-hydrogen) atoms. The molecule has 1 amide bonds. The maximum Gasteiger partial charge on any atom is 0.224 e. The Balaban J connectivity index is 0.00000156. The third-order valence-corrected chi connectivity index (χ3v) is 5.90. The molecular formula is C18H25ClN2O2. The molecule has 2 atom stereocenters. The topological polar surface area (TPSA) is 50.4 Å². The Bertz CT molecular complexity index is 626. The first kappa shape index (κ1) is 16.6. The molecule has 2 fully saturated rings. The Morgan fingerprint density at radius 3 is 2.78 bits per heavy atom. The molecular weight excluding hydrogens is 312 g/mol. The number of halogens is 1. The Hall–Kier alpha value is -1.26. The smallest absolute Gasteiger partial charge is 0.224 e. The van der Waals surface area contributed by atoms with Crippen molar-refractivity contribution >= 4 is 18.3 Å². The zero-order valence-corrected chi connectivity index (χ0v) is 14.6. The SMILES string of the molecule is Cc1ccc2c(c1C)OCC2NC(=O)C1CC12CCNCC2.Cl. The number of rotatable bonds is 2. The van der Waals surface area contributed by atoms with Crippen molar-refractivity contribution in [3.8, 4) is 5.75 Å². The van der Waals surface area contributed by atoms with E-state index in [0.717, 1.165) is 43.7 Å². The molecule has 0 aromatic heterocycles. The van der Waals surface area contributed by atoms with E-state index in [-0.39, 0.29) is 30.3 Å². The number of fused-ring (bicyclic) bond motifs is 1. The third kappa shape index (κ3) is 2.72. The van der Waals surface area contributed by atoms with Crippen LogP contribution in [0, 0.1) is 25.2 Å². The number of benzene rings is 1. The van der Waals surface area contributed by atoms with Gasteiger partial charge in [0.1, 0.15) is 12.4 Å². The predicted molar refractivity (Wildman–Crippen MR) is 92.2 cm³/mol. The van der Waals surface area contributed by atoms with Gasteiger partial charge in [-0.15, -0.1) is 12.4 Å². The largest absolute Gasteiger partial charge is 0.490 e. The van der Waals surface area contributed by atoms with Crippen LogP contribution in [0.4, 0.5) is 0 Å². The predicted octanol–water partition coefficient (Wildman–Crippen LogP) is 2.66. The number of hydrogen-bond acceptors (Lipinski definition) is 3. The number of amides is 1. The molecule has 1 spiro atoms. The van der Waals surface area contributed by atoms with Gasteiger partial charge in [-0.2, -0.15) is 0 Å². The highest BCUT2D eigenvalue weighted by molar-refractivity contribution is 5.85. The van der Waals surface area contributed by atoms with Gasteiger partial charge in [0.25, 0.3) is 0 Å². The second-order valence-electron chi connectivity index (χ2n) is 7.17. The highest BCUT2D eigenvalue weighted by Crippen LogP contribution is 2.58. The van der Waals surface area contributed by atoms with Crippen LogP contribution in [0.2, 0.25) is 0 Å². The van der Waals surface area contributed by atoms with Crippen LogP contribution in [-0.4, -0.2) is 25.6 Å². The summed E-state index contributed by atoms with van der Waals surface area (Å²) in [7, 11) is 0. The number of carbonyl (C=O) groups is 1. The molecule has 0 radical (unpaired) electrons. The van der Waals surface area contributed by atoms with Crippen LogP contribution < -0.4 is 15.4 Å². The summed E-state index contributed by atoms with van der Waals surface area (Å²) < 4.78 is 5.84. The van der Waals surface area contributed by atoms with Crippen molar-refractivity contribution in [1.82, 2.24) is 10.6 Å². The number of aryl methyl sites for hydroxylation is 1. The zero-order valence-electron chi connectivity index (χ0n) is 13.8. The van der Waals surface area contributed by atoms with Crippen molar-refractivity contribution in [2.24, 2.45) is 11.3 Å². The lowest BCUT2D eigenvalue weighted by atomic mass is 9.91. The minimum Gasteiger partial charge on any atom is -0.490 e. The number of nitrogens with one attached hydrogen (secondary N) is 2. The van der Waals surface area contributed by atoms with Gasteiger partial charge in [-0.05, 0) is 62.7 Å². The fourth-order valence-electron chi connectivity index (χ4n) is 4.12. The molecule has 2 aliphatic heterocycles. The standard InChI is InChI=1S/C18H24N2O2.ClH/c1-11-3-4-13-15(10-22-16(13)12(11)2)20-17(21)14-9-18(14)5-7-19-8-6-18;/h3-4,14-15,19H,5-10H2,1-2H3,(H,20,21);1H. The first-order valence-electron chi connectivity index (χ1n) is 8.35. The van der Waals surface area contributed by atoms with Gasteiger partial charge in [-0.1, -0.05) is 12.1 Å². The highest BCUT2D eigenvalue weighted by atomic mass is 35.5. The zero-order chi connectivity index (χ0) is 15.3. The van der Waals surface area contributed by atoms with Gasteiger partial charge in [-0.3, -0.25) is 4.79 Å². The molecule has 2 N–H and O–H groups in total.